The lowest BCUT2D eigenvalue weighted by molar-refractivity contribution is -0.0210. The molecular weight excluding hydrogens is 264 g/mol. The predicted octanol–water partition coefficient (Wildman–Crippen LogP) is 1.38. The van der Waals surface area contributed by atoms with Crippen molar-refractivity contribution in [1.82, 2.24) is 19.4 Å². The number of hydrogen-bond donors (Lipinski definition) is 0. The number of aryl methyl sites for hydroxylation is 1. The minimum atomic E-state index is 0.390. The molecule has 2 aliphatic heterocycles. The fraction of sp³-hybridized carbons (Fsp3) is 0.812. The average Bonchev–Trinajstić information content (AvgIpc) is 3.07. The van der Waals surface area contributed by atoms with Crippen LogP contribution in [-0.4, -0.2) is 70.8 Å². The van der Waals surface area contributed by atoms with Crippen LogP contribution in [0.4, 0.5) is 0 Å². The van der Waals surface area contributed by atoms with Crippen molar-refractivity contribution in [2.75, 3.05) is 39.3 Å². The quantitative estimate of drug-likeness (QED) is 0.821. The number of hydrogen-bond acceptors (Lipinski definition) is 4. The molecule has 5 nitrogen and oxygen atoms in total. The molecule has 0 unspecified atom stereocenters. The molecule has 2 aliphatic rings. The van der Waals surface area contributed by atoms with Crippen LogP contribution in [0.2, 0.25) is 0 Å². The van der Waals surface area contributed by atoms with E-state index >= 15 is 0 Å². The second-order valence-corrected chi connectivity index (χ2v) is 6.44. The molecule has 0 aromatic carbocycles. The molecule has 0 aliphatic carbocycles. The summed E-state index contributed by atoms with van der Waals surface area (Å²) in [6, 6.07) is 0.677. The summed E-state index contributed by atoms with van der Waals surface area (Å²) in [6.07, 6.45) is 7.05. The fourth-order valence-corrected chi connectivity index (χ4v) is 3.58. The summed E-state index contributed by atoms with van der Waals surface area (Å²) in [4.78, 5) is 9.55. The second kappa shape index (κ2) is 6.90. The SMILES string of the molecule is Cc1nccn1C[C@H]1CCCN1CCN1CCO[C@@H](C)C1. The Morgan fingerprint density at radius 3 is 3.00 bits per heavy atom. The van der Waals surface area contributed by atoms with Crippen LogP contribution in [0.25, 0.3) is 0 Å². The molecule has 5 heteroatoms. The van der Waals surface area contributed by atoms with E-state index in [4.69, 9.17) is 4.74 Å². The van der Waals surface area contributed by atoms with Gasteiger partial charge in [-0.15, -0.1) is 0 Å². The third-order valence-corrected chi connectivity index (χ3v) is 4.86. The third-order valence-electron chi connectivity index (χ3n) is 4.86. The van der Waals surface area contributed by atoms with Crippen LogP contribution < -0.4 is 0 Å². The van der Waals surface area contributed by atoms with Gasteiger partial charge in [-0.3, -0.25) is 9.80 Å². The first-order valence-corrected chi connectivity index (χ1v) is 8.28. The lowest BCUT2D eigenvalue weighted by Gasteiger charge is -2.33. The zero-order valence-electron chi connectivity index (χ0n) is 13.4. The Bertz CT molecular complexity index is 447. The van der Waals surface area contributed by atoms with E-state index in [0.717, 1.165) is 32.1 Å². The summed E-state index contributed by atoms with van der Waals surface area (Å²) < 4.78 is 7.91. The number of rotatable bonds is 5. The molecule has 1 aromatic heterocycles. The van der Waals surface area contributed by atoms with Gasteiger partial charge in [0.2, 0.25) is 0 Å². The van der Waals surface area contributed by atoms with Crippen molar-refractivity contribution < 1.29 is 4.74 Å². The molecule has 21 heavy (non-hydrogen) atoms. The van der Waals surface area contributed by atoms with Gasteiger partial charge in [0, 0.05) is 51.2 Å². The van der Waals surface area contributed by atoms with Gasteiger partial charge in [0.1, 0.15) is 5.82 Å². The zero-order chi connectivity index (χ0) is 14.7. The molecule has 3 rings (SSSR count). The van der Waals surface area contributed by atoms with E-state index in [0.29, 0.717) is 12.1 Å². The van der Waals surface area contributed by atoms with Crippen molar-refractivity contribution in [3.05, 3.63) is 18.2 Å². The van der Waals surface area contributed by atoms with Crippen molar-refractivity contribution in [1.29, 1.82) is 0 Å². The number of likely N-dealkylation sites (tertiary alicyclic amines) is 1. The van der Waals surface area contributed by atoms with Gasteiger partial charge in [0.15, 0.2) is 0 Å². The van der Waals surface area contributed by atoms with Crippen molar-refractivity contribution in [3.63, 3.8) is 0 Å². The first-order chi connectivity index (χ1) is 10.2. The maximum Gasteiger partial charge on any atom is 0.105 e. The minimum absolute atomic E-state index is 0.390. The van der Waals surface area contributed by atoms with E-state index in [9.17, 15) is 0 Å². The molecule has 0 bridgehead atoms. The maximum absolute atomic E-state index is 5.62. The van der Waals surface area contributed by atoms with Crippen LogP contribution in [0, 0.1) is 6.92 Å². The largest absolute Gasteiger partial charge is 0.376 e. The van der Waals surface area contributed by atoms with Gasteiger partial charge in [0.05, 0.1) is 12.7 Å². The molecule has 2 saturated heterocycles. The number of morpholine rings is 1. The van der Waals surface area contributed by atoms with Gasteiger partial charge >= 0.3 is 0 Å². The molecule has 2 fully saturated rings. The summed E-state index contributed by atoms with van der Waals surface area (Å²) in [5, 5.41) is 0. The second-order valence-electron chi connectivity index (χ2n) is 6.44. The molecular formula is C16H28N4O. The topological polar surface area (TPSA) is 33.5 Å². The molecule has 0 N–H and O–H groups in total. The lowest BCUT2D eigenvalue weighted by Crippen LogP contribution is -2.45. The van der Waals surface area contributed by atoms with Gasteiger partial charge < -0.3 is 9.30 Å². The standard InChI is InChI=1S/C16H28N4O/c1-14-12-18(10-11-21-14)8-9-19-6-3-4-16(19)13-20-7-5-17-15(20)2/h5,7,14,16H,3-4,6,8-13H2,1-2H3/t14-,16+/m0/s1. The molecule has 118 valence electrons. The highest BCUT2D eigenvalue weighted by Gasteiger charge is 2.26. The highest BCUT2D eigenvalue weighted by atomic mass is 16.5. The molecule has 0 radical (unpaired) electrons. The highest BCUT2D eigenvalue weighted by Crippen LogP contribution is 2.19. The Morgan fingerprint density at radius 1 is 1.33 bits per heavy atom. The smallest absolute Gasteiger partial charge is 0.105 e. The monoisotopic (exact) mass is 292 g/mol. The highest BCUT2D eigenvalue weighted by molar-refractivity contribution is 4.91. The lowest BCUT2D eigenvalue weighted by atomic mass is 10.2. The zero-order valence-corrected chi connectivity index (χ0v) is 13.4. The van der Waals surface area contributed by atoms with E-state index in [1.54, 1.807) is 0 Å². The van der Waals surface area contributed by atoms with Crippen LogP contribution in [0.3, 0.4) is 0 Å². The number of imidazole rings is 1. The first-order valence-electron chi connectivity index (χ1n) is 8.28. The summed E-state index contributed by atoms with van der Waals surface area (Å²) in [7, 11) is 0. The molecule has 1 aromatic rings. The van der Waals surface area contributed by atoms with Crippen molar-refractivity contribution in [2.45, 2.75) is 45.4 Å². The summed E-state index contributed by atoms with van der Waals surface area (Å²) in [6.45, 7) is 12.0. The van der Waals surface area contributed by atoms with Gasteiger partial charge in [-0.05, 0) is 33.2 Å². The summed E-state index contributed by atoms with van der Waals surface area (Å²) in [5.41, 5.74) is 0. The molecule has 3 heterocycles. The molecule has 0 amide bonds. The van der Waals surface area contributed by atoms with Crippen molar-refractivity contribution >= 4 is 0 Å². The van der Waals surface area contributed by atoms with Crippen LogP contribution in [0.1, 0.15) is 25.6 Å². The molecule has 0 saturated carbocycles. The summed E-state index contributed by atoms with van der Waals surface area (Å²) in [5.74, 6) is 1.13. The Hall–Kier alpha value is -0.910. The van der Waals surface area contributed by atoms with Gasteiger partial charge in [-0.2, -0.15) is 0 Å². The van der Waals surface area contributed by atoms with Crippen LogP contribution in [0.15, 0.2) is 12.4 Å². The Labute approximate surface area is 127 Å². The van der Waals surface area contributed by atoms with E-state index in [1.165, 1.54) is 32.5 Å². The normalized spacial score (nSPS) is 28.3. The van der Waals surface area contributed by atoms with Crippen LogP contribution in [-0.2, 0) is 11.3 Å². The molecule has 0 spiro atoms. The van der Waals surface area contributed by atoms with E-state index < -0.39 is 0 Å². The predicted molar refractivity (Wildman–Crippen MR) is 83.4 cm³/mol. The third kappa shape index (κ3) is 3.84. The maximum atomic E-state index is 5.62. The van der Waals surface area contributed by atoms with Crippen molar-refractivity contribution in [3.8, 4) is 0 Å². The van der Waals surface area contributed by atoms with Crippen LogP contribution >= 0.6 is 0 Å². The minimum Gasteiger partial charge on any atom is -0.376 e. The van der Waals surface area contributed by atoms with Gasteiger partial charge in [-0.1, -0.05) is 0 Å². The Morgan fingerprint density at radius 2 is 2.24 bits per heavy atom. The van der Waals surface area contributed by atoms with Gasteiger partial charge in [0.25, 0.3) is 0 Å². The average molecular weight is 292 g/mol. The molecule has 2 atom stereocenters. The van der Waals surface area contributed by atoms with E-state index in [1.807, 2.05) is 6.20 Å². The van der Waals surface area contributed by atoms with Crippen molar-refractivity contribution in [2.24, 2.45) is 0 Å². The Balaban J connectivity index is 1.49. The van der Waals surface area contributed by atoms with Crippen LogP contribution in [0.5, 0.6) is 0 Å². The van der Waals surface area contributed by atoms with E-state index in [-0.39, 0.29) is 0 Å². The number of nitrogens with zero attached hydrogens (tertiary/aromatic N) is 4. The number of ether oxygens (including phenoxy) is 1. The Kier molecular flexibility index (Phi) is 4.93. The summed E-state index contributed by atoms with van der Waals surface area (Å²) >= 11 is 0. The fourth-order valence-electron chi connectivity index (χ4n) is 3.58. The number of aromatic nitrogens is 2. The van der Waals surface area contributed by atoms with E-state index in [2.05, 4.69) is 39.4 Å². The van der Waals surface area contributed by atoms with Gasteiger partial charge in [-0.25, -0.2) is 4.98 Å². The first kappa shape index (κ1) is 15.0.